The second-order valence-corrected chi connectivity index (χ2v) is 7.14. The zero-order valence-electron chi connectivity index (χ0n) is 15.1. The Balaban J connectivity index is 1.53. The molecule has 0 aliphatic carbocycles. The lowest BCUT2D eigenvalue weighted by Gasteiger charge is -2.36. The smallest absolute Gasteiger partial charge is 0.430 e. The number of hydrogen-bond acceptors (Lipinski definition) is 5. The molecule has 2 aliphatic heterocycles. The fourth-order valence-electron chi connectivity index (χ4n) is 3.82. The van der Waals surface area contributed by atoms with E-state index in [1.807, 2.05) is 49.0 Å². The maximum absolute atomic E-state index is 13.0. The molecule has 7 heteroatoms. The molecule has 26 heavy (non-hydrogen) atoms. The number of para-hydroxylation sites is 1. The molecule has 138 valence electrons. The largest absolute Gasteiger partial charge is 0.509 e. The van der Waals surface area contributed by atoms with Crippen LogP contribution in [0.4, 0.5) is 4.79 Å². The summed E-state index contributed by atoms with van der Waals surface area (Å²) in [5.41, 5.74) is 2.19. The zero-order chi connectivity index (χ0) is 18.3. The van der Waals surface area contributed by atoms with Crippen LogP contribution >= 0.6 is 0 Å². The lowest BCUT2D eigenvalue weighted by Crippen LogP contribution is -2.46. The molecule has 7 nitrogen and oxygen atoms in total. The molecule has 0 N–H and O–H groups in total. The van der Waals surface area contributed by atoms with Crippen molar-refractivity contribution in [1.82, 2.24) is 14.3 Å². The molecule has 2 saturated heterocycles. The van der Waals surface area contributed by atoms with Gasteiger partial charge in [0.25, 0.3) is 5.56 Å². The summed E-state index contributed by atoms with van der Waals surface area (Å²) in [6.45, 7) is 4.47. The minimum atomic E-state index is -0.567. The van der Waals surface area contributed by atoms with Crippen LogP contribution in [0.5, 0.6) is 0 Å². The predicted molar refractivity (Wildman–Crippen MR) is 95.4 cm³/mol. The first kappa shape index (κ1) is 16.9. The topological polar surface area (TPSA) is 65.7 Å². The van der Waals surface area contributed by atoms with Gasteiger partial charge in [-0.25, -0.2) is 9.48 Å². The summed E-state index contributed by atoms with van der Waals surface area (Å²) in [4.78, 5) is 26.5. The number of nitrogens with zero attached hydrogens (tertiary/aromatic N) is 3. The van der Waals surface area contributed by atoms with Crippen molar-refractivity contribution in [2.45, 2.75) is 31.9 Å². The maximum Gasteiger partial charge on any atom is 0.509 e. The fourth-order valence-corrected chi connectivity index (χ4v) is 3.82. The highest BCUT2D eigenvalue weighted by Crippen LogP contribution is 2.32. The van der Waals surface area contributed by atoms with Crippen LogP contribution in [0, 0.1) is 6.92 Å². The van der Waals surface area contributed by atoms with Crippen molar-refractivity contribution in [3.8, 4) is 5.69 Å². The molecule has 0 amide bonds. The summed E-state index contributed by atoms with van der Waals surface area (Å²) in [6, 6.07) is 9.67. The third-order valence-electron chi connectivity index (χ3n) is 5.58. The second kappa shape index (κ2) is 6.32. The van der Waals surface area contributed by atoms with Gasteiger partial charge in [-0.1, -0.05) is 18.2 Å². The molecule has 2 aliphatic rings. The Kier molecular flexibility index (Phi) is 4.11. The van der Waals surface area contributed by atoms with Gasteiger partial charge < -0.3 is 9.47 Å². The van der Waals surface area contributed by atoms with E-state index in [1.54, 1.807) is 4.68 Å². The van der Waals surface area contributed by atoms with Gasteiger partial charge in [0.05, 0.1) is 11.3 Å². The van der Waals surface area contributed by atoms with Gasteiger partial charge in [-0.05, 0) is 19.1 Å². The number of likely N-dealkylation sites (tertiary alicyclic amines) is 1. The van der Waals surface area contributed by atoms with Crippen LogP contribution in [0.1, 0.15) is 24.1 Å². The minimum Gasteiger partial charge on any atom is -0.430 e. The number of rotatable bonds is 3. The number of aromatic nitrogens is 2. The third-order valence-corrected chi connectivity index (χ3v) is 5.58. The number of carbonyl (C=O) groups is 1. The van der Waals surface area contributed by atoms with Crippen LogP contribution in [0.2, 0.25) is 0 Å². The SMILES string of the molecule is Cc1c(CN2CCC3(CC2)COC(=O)O3)c(=O)n(-c2ccccc2)n1C. The van der Waals surface area contributed by atoms with E-state index in [2.05, 4.69) is 4.90 Å². The molecular formula is C19H23N3O4. The molecule has 4 rings (SSSR count). The summed E-state index contributed by atoms with van der Waals surface area (Å²) in [5, 5.41) is 0. The van der Waals surface area contributed by atoms with Crippen molar-refractivity contribution in [2.24, 2.45) is 7.05 Å². The molecule has 0 atom stereocenters. The normalized spacial score (nSPS) is 19.5. The van der Waals surface area contributed by atoms with Gasteiger partial charge in [0.2, 0.25) is 0 Å². The number of carbonyl (C=O) groups excluding carboxylic acids is 1. The van der Waals surface area contributed by atoms with Crippen LogP contribution in [0.3, 0.4) is 0 Å². The van der Waals surface area contributed by atoms with Crippen LogP contribution in [-0.2, 0) is 23.1 Å². The second-order valence-electron chi connectivity index (χ2n) is 7.14. The number of ether oxygens (including phenoxy) is 2. The highest BCUT2D eigenvalue weighted by Gasteiger charge is 2.44. The monoisotopic (exact) mass is 357 g/mol. The first-order valence-corrected chi connectivity index (χ1v) is 8.90. The average molecular weight is 357 g/mol. The Morgan fingerprint density at radius 2 is 1.81 bits per heavy atom. The van der Waals surface area contributed by atoms with Gasteiger partial charge in [-0.3, -0.25) is 14.4 Å². The average Bonchev–Trinajstić information content (AvgIpc) is 3.10. The molecule has 0 unspecified atom stereocenters. The standard InChI is InChI=1S/C19H23N3O4/c1-14-16(17(23)22(20(14)2)15-6-4-3-5-7-15)12-21-10-8-19(9-11-21)13-25-18(24)26-19/h3-7H,8-13H2,1-2H3. The van der Waals surface area contributed by atoms with Crippen molar-refractivity contribution in [1.29, 1.82) is 0 Å². The number of piperidine rings is 1. The van der Waals surface area contributed by atoms with E-state index in [0.717, 1.165) is 42.9 Å². The van der Waals surface area contributed by atoms with Crippen molar-refractivity contribution >= 4 is 6.16 Å². The van der Waals surface area contributed by atoms with E-state index < -0.39 is 11.8 Å². The predicted octanol–water partition coefficient (Wildman–Crippen LogP) is 1.99. The summed E-state index contributed by atoms with van der Waals surface area (Å²) < 4.78 is 13.9. The Morgan fingerprint density at radius 3 is 2.42 bits per heavy atom. The van der Waals surface area contributed by atoms with Crippen LogP contribution in [0.25, 0.3) is 5.69 Å². The van der Waals surface area contributed by atoms with Crippen LogP contribution in [-0.4, -0.2) is 45.7 Å². The molecule has 1 aromatic carbocycles. The Labute approximate surface area is 151 Å². The van der Waals surface area contributed by atoms with E-state index in [-0.39, 0.29) is 5.56 Å². The van der Waals surface area contributed by atoms with E-state index in [9.17, 15) is 9.59 Å². The Hall–Kier alpha value is -2.54. The summed E-state index contributed by atoms with van der Waals surface area (Å²) >= 11 is 0. The first-order chi connectivity index (χ1) is 12.5. The molecule has 1 spiro atoms. The lowest BCUT2D eigenvalue weighted by atomic mass is 9.92. The van der Waals surface area contributed by atoms with E-state index in [1.165, 1.54) is 0 Å². The van der Waals surface area contributed by atoms with Crippen LogP contribution < -0.4 is 5.56 Å². The van der Waals surface area contributed by atoms with Gasteiger partial charge >= 0.3 is 6.16 Å². The molecule has 0 bridgehead atoms. The highest BCUT2D eigenvalue weighted by molar-refractivity contribution is 5.62. The van der Waals surface area contributed by atoms with Crippen molar-refractivity contribution in [3.63, 3.8) is 0 Å². The van der Waals surface area contributed by atoms with Gasteiger partial charge in [-0.2, -0.15) is 0 Å². The van der Waals surface area contributed by atoms with E-state index in [0.29, 0.717) is 13.2 Å². The zero-order valence-corrected chi connectivity index (χ0v) is 15.1. The Morgan fingerprint density at radius 1 is 1.12 bits per heavy atom. The third kappa shape index (κ3) is 2.82. The maximum atomic E-state index is 13.0. The van der Waals surface area contributed by atoms with Gasteiger partial charge in [-0.15, -0.1) is 0 Å². The Bertz CT molecular complexity index is 876. The van der Waals surface area contributed by atoms with Gasteiger partial charge in [0, 0.05) is 45.2 Å². The molecule has 0 radical (unpaired) electrons. The minimum absolute atomic E-state index is 0.0205. The number of benzene rings is 1. The lowest BCUT2D eigenvalue weighted by molar-refractivity contribution is -0.00173. The van der Waals surface area contributed by atoms with E-state index in [4.69, 9.17) is 9.47 Å². The van der Waals surface area contributed by atoms with Crippen molar-refractivity contribution in [2.75, 3.05) is 19.7 Å². The molecule has 2 aromatic rings. The highest BCUT2D eigenvalue weighted by atomic mass is 16.8. The van der Waals surface area contributed by atoms with E-state index >= 15 is 0 Å². The molecular weight excluding hydrogens is 334 g/mol. The summed E-state index contributed by atoms with van der Waals surface area (Å²) in [7, 11) is 1.91. The van der Waals surface area contributed by atoms with Gasteiger partial charge in [0.15, 0.2) is 5.60 Å². The molecule has 1 aromatic heterocycles. The van der Waals surface area contributed by atoms with Crippen LogP contribution in [0.15, 0.2) is 35.1 Å². The number of cyclic esters (lactones) is 1. The van der Waals surface area contributed by atoms with Gasteiger partial charge in [0.1, 0.15) is 6.61 Å². The molecule has 3 heterocycles. The fraction of sp³-hybridized carbons (Fsp3) is 0.474. The molecule has 0 saturated carbocycles. The quantitative estimate of drug-likeness (QED) is 0.786. The van der Waals surface area contributed by atoms with Crippen molar-refractivity contribution < 1.29 is 14.3 Å². The summed E-state index contributed by atoms with van der Waals surface area (Å²) in [5.74, 6) is 0. The number of hydrogen-bond donors (Lipinski definition) is 0. The summed E-state index contributed by atoms with van der Waals surface area (Å²) in [6.07, 6.45) is 0.901. The molecule has 2 fully saturated rings. The first-order valence-electron chi connectivity index (χ1n) is 8.90. The van der Waals surface area contributed by atoms with Crippen molar-refractivity contribution in [3.05, 3.63) is 51.9 Å².